The monoisotopic (exact) mass is 379 g/mol. The van der Waals surface area contributed by atoms with E-state index < -0.39 is 17.7 Å². The van der Waals surface area contributed by atoms with Gasteiger partial charge in [0.2, 0.25) is 0 Å². The normalized spacial score (nSPS) is 18.8. The first-order valence-electron chi connectivity index (χ1n) is 9.55. The van der Waals surface area contributed by atoms with Crippen molar-refractivity contribution in [1.29, 1.82) is 0 Å². The zero-order valence-electron chi connectivity index (χ0n) is 16.2. The van der Waals surface area contributed by atoms with E-state index in [9.17, 15) is 14.7 Å². The van der Waals surface area contributed by atoms with Crippen LogP contribution in [0.1, 0.15) is 31.1 Å². The highest BCUT2D eigenvalue weighted by Gasteiger charge is 2.46. The average molecular weight is 379 g/mol. The van der Waals surface area contributed by atoms with Gasteiger partial charge in [-0.15, -0.1) is 0 Å². The summed E-state index contributed by atoms with van der Waals surface area (Å²) in [5.74, 6) is -1.43. The number of aliphatic hydroxyl groups is 1. The molecule has 28 heavy (non-hydrogen) atoms. The molecule has 1 aliphatic rings. The second-order valence-electron chi connectivity index (χ2n) is 6.64. The van der Waals surface area contributed by atoms with Crippen molar-refractivity contribution < 1.29 is 14.7 Å². The lowest BCUT2D eigenvalue weighted by atomic mass is 9.98. The molecule has 3 rings (SSSR count). The van der Waals surface area contributed by atoms with Gasteiger partial charge in [-0.3, -0.25) is 14.6 Å². The quantitative estimate of drug-likeness (QED) is 0.455. The van der Waals surface area contributed by atoms with Gasteiger partial charge in [0.1, 0.15) is 11.8 Å². The molecule has 1 atom stereocenters. The van der Waals surface area contributed by atoms with Crippen molar-refractivity contribution in [1.82, 2.24) is 14.8 Å². The van der Waals surface area contributed by atoms with Crippen molar-refractivity contribution in [3.63, 3.8) is 0 Å². The molecule has 6 nitrogen and oxygen atoms in total. The molecule has 0 aliphatic carbocycles. The first kappa shape index (κ1) is 19.8. The molecule has 1 aromatic heterocycles. The van der Waals surface area contributed by atoms with Gasteiger partial charge < -0.3 is 14.9 Å². The molecule has 0 unspecified atom stereocenters. The van der Waals surface area contributed by atoms with E-state index in [1.807, 2.05) is 12.1 Å². The Balaban J connectivity index is 2.06. The van der Waals surface area contributed by atoms with Crippen molar-refractivity contribution in [3.05, 3.63) is 71.6 Å². The van der Waals surface area contributed by atoms with E-state index in [2.05, 4.69) is 23.7 Å². The molecule has 2 aromatic rings. The summed E-state index contributed by atoms with van der Waals surface area (Å²) in [7, 11) is 0. The molecular formula is C22H25N3O3. The van der Waals surface area contributed by atoms with Crippen LogP contribution in [0.4, 0.5) is 0 Å². The Kier molecular flexibility index (Phi) is 6.21. The topological polar surface area (TPSA) is 73.7 Å². The summed E-state index contributed by atoms with van der Waals surface area (Å²) in [6.07, 6.45) is 1.63. The number of nitrogens with zero attached hydrogens (tertiary/aromatic N) is 3. The van der Waals surface area contributed by atoms with E-state index in [1.54, 1.807) is 42.6 Å². The predicted octanol–water partition coefficient (Wildman–Crippen LogP) is 2.85. The van der Waals surface area contributed by atoms with Crippen molar-refractivity contribution in [3.8, 4) is 0 Å². The van der Waals surface area contributed by atoms with Crippen molar-refractivity contribution >= 4 is 17.4 Å². The number of rotatable bonds is 7. The fourth-order valence-electron chi connectivity index (χ4n) is 3.50. The molecule has 146 valence electrons. The van der Waals surface area contributed by atoms with Gasteiger partial charge in [-0.2, -0.15) is 0 Å². The second-order valence-corrected chi connectivity index (χ2v) is 6.64. The Morgan fingerprint density at radius 2 is 1.75 bits per heavy atom. The maximum atomic E-state index is 12.8. The van der Waals surface area contributed by atoms with Gasteiger partial charge in [-0.05, 0) is 25.2 Å². The number of carbonyl (C=O) groups excluding carboxylic acids is 2. The standard InChI is InChI=1S/C22H25N3O3/c1-3-24(4-2)14-15-25-19(17-12-8-9-13-23-17)18(21(27)22(25)28)20(26)16-10-6-5-7-11-16/h5-13,19,26H,3-4,14-15H2,1-2H3/b20-18+/t19-/m0/s1. The number of pyridine rings is 1. The molecule has 0 spiro atoms. The number of Topliss-reactive ketones (excluding diaryl/α,β-unsaturated/α-hetero) is 1. The minimum atomic E-state index is -0.697. The number of likely N-dealkylation sites (tertiary alicyclic amines) is 1. The molecule has 2 heterocycles. The number of carbonyl (C=O) groups is 2. The third kappa shape index (κ3) is 3.82. The summed E-state index contributed by atoms with van der Waals surface area (Å²) < 4.78 is 0. The number of aliphatic hydroxyl groups excluding tert-OH is 1. The average Bonchev–Trinajstić information content (AvgIpc) is 3.00. The van der Waals surface area contributed by atoms with Crippen LogP contribution in [0, 0.1) is 0 Å². The Bertz CT molecular complexity index is 861. The fraction of sp³-hybridized carbons (Fsp3) is 0.318. The van der Waals surface area contributed by atoms with Crippen LogP contribution in [0.2, 0.25) is 0 Å². The Labute approximate surface area is 165 Å². The number of hydrogen-bond donors (Lipinski definition) is 1. The summed E-state index contributed by atoms with van der Waals surface area (Å²) in [5.41, 5.74) is 1.17. The number of ketones is 1. The predicted molar refractivity (Wildman–Crippen MR) is 107 cm³/mol. The maximum Gasteiger partial charge on any atom is 0.295 e. The summed E-state index contributed by atoms with van der Waals surface area (Å²) >= 11 is 0. The van der Waals surface area contributed by atoms with Gasteiger partial charge in [0, 0.05) is 24.8 Å². The van der Waals surface area contributed by atoms with Crippen LogP contribution in [0.15, 0.2) is 60.3 Å². The van der Waals surface area contributed by atoms with Crippen molar-refractivity contribution in [2.24, 2.45) is 0 Å². The molecule has 1 saturated heterocycles. The summed E-state index contributed by atoms with van der Waals surface area (Å²) in [5, 5.41) is 10.9. The van der Waals surface area contributed by atoms with E-state index in [-0.39, 0.29) is 11.3 Å². The van der Waals surface area contributed by atoms with E-state index in [1.165, 1.54) is 4.90 Å². The number of benzene rings is 1. The highest BCUT2D eigenvalue weighted by atomic mass is 16.3. The second kappa shape index (κ2) is 8.80. The molecule has 0 bridgehead atoms. The summed E-state index contributed by atoms with van der Waals surface area (Å²) in [4.78, 5) is 33.7. The van der Waals surface area contributed by atoms with E-state index >= 15 is 0 Å². The molecule has 0 saturated carbocycles. The van der Waals surface area contributed by atoms with Gasteiger partial charge >= 0.3 is 0 Å². The van der Waals surface area contributed by atoms with Crippen LogP contribution in [0.5, 0.6) is 0 Å². The highest BCUT2D eigenvalue weighted by Crippen LogP contribution is 2.38. The minimum absolute atomic E-state index is 0.0921. The third-order valence-electron chi connectivity index (χ3n) is 5.11. The zero-order valence-corrected chi connectivity index (χ0v) is 16.2. The van der Waals surface area contributed by atoms with Crippen LogP contribution < -0.4 is 0 Å². The molecular weight excluding hydrogens is 354 g/mol. The number of likely N-dealkylation sites (N-methyl/N-ethyl adjacent to an activating group) is 1. The SMILES string of the molecule is CCN(CC)CCN1C(=O)C(=O)/C(=C(/O)c2ccccc2)[C@@H]1c1ccccn1. The minimum Gasteiger partial charge on any atom is -0.507 e. The van der Waals surface area contributed by atoms with Gasteiger partial charge in [0.05, 0.1) is 11.3 Å². The molecule has 0 radical (unpaired) electrons. The molecule has 1 aromatic carbocycles. The largest absolute Gasteiger partial charge is 0.507 e. The number of hydrogen-bond acceptors (Lipinski definition) is 5. The van der Waals surface area contributed by atoms with Crippen LogP contribution in [-0.2, 0) is 9.59 Å². The van der Waals surface area contributed by atoms with E-state index in [0.29, 0.717) is 24.3 Å². The first-order valence-corrected chi connectivity index (χ1v) is 9.55. The number of amides is 1. The van der Waals surface area contributed by atoms with Gasteiger partial charge in [-0.1, -0.05) is 50.2 Å². The first-order chi connectivity index (χ1) is 13.6. The van der Waals surface area contributed by atoms with Crippen LogP contribution in [0.3, 0.4) is 0 Å². The fourth-order valence-corrected chi connectivity index (χ4v) is 3.50. The molecule has 1 aliphatic heterocycles. The smallest absolute Gasteiger partial charge is 0.295 e. The van der Waals surface area contributed by atoms with Crippen LogP contribution in [0.25, 0.3) is 5.76 Å². The number of aromatic nitrogens is 1. The lowest BCUT2D eigenvalue weighted by Gasteiger charge is -2.27. The molecule has 1 N–H and O–H groups in total. The highest BCUT2D eigenvalue weighted by molar-refractivity contribution is 6.46. The Hall–Kier alpha value is -2.99. The lowest BCUT2D eigenvalue weighted by molar-refractivity contribution is -0.140. The lowest BCUT2D eigenvalue weighted by Crippen LogP contribution is -2.38. The molecule has 1 amide bonds. The van der Waals surface area contributed by atoms with E-state index in [4.69, 9.17) is 0 Å². The summed E-state index contributed by atoms with van der Waals surface area (Å²) in [6, 6.07) is 13.5. The van der Waals surface area contributed by atoms with E-state index in [0.717, 1.165) is 13.1 Å². The summed E-state index contributed by atoms with van der Waals surface area (Å²) in [6.45, 7) is 6.87. The maximum absolute atomic E-state index is 12.8. The van der Waals surface area contributed by atoms with Gasteiger partial charge in [0.25, 0.3) is 11.7 Å². The Morgan fingerprint density at radius 3 is 2.36 bits per heavy atom. The van der Waals surface area contributed by atoms with Crippen molar-refractivity contribution in [2.75, 3.05) is 26.2 Å². The van der Waals surface area contributed by atoms with Crippen molar-refractivity contribution in [2.45, 2.75) is 19.9 Å². The van der Waals surface area contributed by atoms with Gasteiger partial charge in [0.15, 0.2) is 0 Å². The van der Waals surface area contributed by atoms with Crippen LogP contribution >= 0.6 is 0 Å². The molecule has 1 fully saturated rings. The molecule has 6 heteroatoms. The van der Waals surface area contributed by atoms with Gasteiger partial charge in [-0.25, -0.2) is 0 Å². The third-order valence-corrected chi connectivity index (χ3v) is 5.11. The Morgan fingerprint density at radius 1 is 1.07 bits per heavy atom. The van der Waals surface area contributed by atoms with Crippen LogP contribution in [-0.4, -0.2) is 57.8 Å². The zero-order chi connectivity index (χ0) is 20.1.